The maximum atomic E-state index is 12.1. The Kier molecular flexibility index (Phi) is 3.37. The van der Waals surface area contributed by atoms with E-state index in [0.717, 1.165) is 0 Å². The van der Waals surface area contributed by atoms with E-state index in [2.05, 4.69) is 0 Å². The average Bonchev–Trinajstić information content (AvgIpc) is 2.60. The van der Waals surface area contributed by atoms with Crippen molar-refractivity contribution >= 4 is 23.8 Å². The smallest absolute Gasteiger partial charge is 0.327 e. The molecule has 1 aliphatic heterocycles. The quantitative estimate of drug-likeness (QED) is 0.542. The van der Waals surface area contributed by atoms with Crippen molar-refractivity contribution in [2.75, 3.05) is 0 Å². The Bertz CT molecular complexity index is 457. The first-order chi connectivity index (χ1) is 8.93. The van der Waals surface area contributed by atoms with E-state index in [4.69, 9.17) is 10.2 Å². The maximum Gasteiger partial charge on any atom is 0.327 e. The van der Waals surface area contributed by atoms with Crippen LogP contribution >= 0.6 is 0 Å². The van der Waals surface area contributed by atoms with Crippen molar-refractivity contribution in [1.29, 1.82) is 0 Å². The molecule has 0 bridgehead atoms. The number of allylic oxidation sites excluding steroid dienone is 2. The zero-order chi connectivity index (χ0) is 14.2. The largest absolute Gasteiger partial charge is 0.481 e. The molecule has 2 N–H and O–H groups in total. The summed E-state index contributed by atoms with van der Waals surface area (Å²) in [7, 11) is 0. The first kappa shape index (κ1) is 13.3. The second-order valence-electron chi connectivity index (χ2n) is 4.65. The fraction of sp³-hybridized carbons (Fsp3) is 0.500. The molecule has 1 fully saturated rings. The topological polar surface area (TPSA) is 112 Å². The van der Waals surface area contributed by atoms with Gasteiger partial charge in [-0.05, 0) is 12.8 Å². The molecule has 2 aliphatic rings. The lowest BCUT2D eigenvalue weighted by Gasteiger charge is -2.21. The molecular weight excluding hydrogens is 254 g/mol. The SMILES string of the molecule is O=C(O)CC(C(=O)O)N1C(=O)[C@H]2CC=CC[C@H]2C1=O. The Hall–Kier alpha value is -2.18. The number of likely N-dealkylation sites (tertiary alicyclic amines) is 1. The highest BCUT2D eigenvalue weighted by Gasteiger charge is 2.51. The first-order valence-electron chi connectivity index (χ1n) is 5.90. The van der Waals surface area contributed by atoms with E-state index >= 15 is 0 Å². The summed E-state index contributed by atoms with van der Waals surface area (Å²) >= 11 is 0. The van der Waals surface area contributed by atoms with Crippen LogP contribution in [0, 0.1) is 11.8 Å². The lowest BCUT2D eigenvalue weighted by atomic mass is 9.85. The van der Waals surface area contributed by atoms with Gasteiger partial charge in [-0.15, -0.1) is 0 Å². The van der Waals surface area contributed by atoms with Crippen LogP contribution in [0.3, 0.4) is 0 Å². The summed E-state index contributed by atoms with van der Waals surface area (Å²) in [5.41, 5.74) is 0. The zero-order valence-electron chi connectivity index (χ0n) is 9.98. The van der Waals surface area contributed by atoms with Gasteiger partial charge < -0.3 is 10.2 Å². The summed E-state index contributed by atoms with van der Waals surface area (Å²) in [5.74, 6) is -5.08. The molecule has 0 radical (unpaired) electrons. The summed E-state index contributed by atoms with van der Waals surface area (Å²) < 4.78 is 0. The normalized spacial score (nSPS) is 27.3. The van der Waals surface area contributed by atoms with Crippen molar-refractivity contribution in [1.82, 2.24) is 4.90 Å². The number of hydrogen-bond acceptors (Lipinski definition) is 4. The minimum Gasteiger partial charge on any atom is -0.481 e. The molecule has 0 aromatic heterocycles. The summed E-state index contributed by atoms with van der Waals surface area (Å²) in [6, 6.07) is -1.62. The Labute approximate surface area is 108 Å². The third-order valence-electron chi connectivity index (χ3n) is 3.51. The number of carboxylic acid groups (broad SMARTS) is 2. The van der Waals surface area contributed by atoms with Crippen LogP contribution in [-0.4, -0.2) is 44.9 Å². The van der Waals surface area contributed by atoms with Gasteiger partial charge in [-0.1, -0.05) is 12.2 Å². The van der Waals surface area contributed by atoms with Crippen molar-refractivity contribution < 1.29 is 29.4 Å². The van der Waals surface area contributed by atoms with Crippen LogP contribution in [0.15, 0.2) is 12.2 Å². The molecule has 2 amide bonds. The van der Waals surface area contributed by atoms with Crippen molar-refractivity contribution in [3.8, 4) is 0 Å². The fourth-order valence-electron chi connectivity index (χ4n) is 2.59. The number of fused-ring (bicyclic) bond motifs is 1. The van der Waals surface area contributed by atoms with Crippen LogP contribution in [0.5, 0.6) is 0 Å². The van der Waals surface area contributed by atoms with Crippen molar-refractivity contribution in [3.05, 3.63) is 12.2 Å². The van der Waals surface area contributed by atoms with Crippen LogP contribution in [0.1, 0.15) is 19.3 Å². The fourth-order valence-corrected chi connectivity index (χ4v) is 2.59. The highest BCUT2D eigenvalue weighted by molar-refractivity contribution is 6.08. The highest BCUT2D eigenvalue weighted by Crippen LogP contribution is 2.36. The number of carboxylic acids is 2. The van der Waals surface area contributed by atoms with E-state index in [1.54, 1.807) is 12.2 Å². The molecule has 7 heteroatoms. The third-order valence-corrected chi connectivity index (χ3v) is 3.51. The van der Waals surface area contributed by atoms with Gasteiger partial charge in [0.15, 0.2) is 0 Å². The maximum absolute atomic E-state index is 12.1. The predicted molar refractivity (Wildman–Crippen MR) is 60.9 cm³/mol. The molecule has 102 valence electrons. The molecule has 0 spiro atoms. The molecule has 2 rings (SSSR count). The van der Waals surface area contributed by atoms with E-state index in [1.165, 1.54) is 0 Å². The number of aliphatic carboxylic acids is 2. The molecule has 3 atom stereocenters. The third kappa shape index (κ3) is 2.23. The van der Waals surface area contributed by atoms with Gasteiger partial charge in [0, 0.05) is 0 Å². The predicted octanol–water partition coefficient (Wildman–Crippen LogP) is -0.134. The molecule has 1 unspecified atom stereocenters. The number of carbonyl (C=O) groups excluding carboxylic acids is 2. The van der Waals surface area contributed by atoms with Crippen LogP contribution < -0.4 is 0 Å². The Balaban J connectivity index is 2.28. The molecule has 1 saturated heterocycles. The monoisotopic (exact) mass is 267 g/mol. The van der Waals surface area contributed by atoms with Crippen LogP contribution in [0.4, 0.5) is 0 Å². The van der Waals surface area contributed by atoms with Crippen molar-refractivity contribution in [2.45, 2.75) is 25.3 Å². The van der Waals surface area contributed by atoms with Gasteiger partial charge >= 0.3 is 11.9 Å². The van der Waals surface area contributed by atoms with Crippen molar-refractivity contribution in [3.63, 3.8) is 0 Å². The minimum absolute atomic E-state index is 0.394. The molecule has 19 heavy (non-hydrogen) atoms. The molecule has 1 aliphatic carbocycles. The van der Waals surface area contributed by atoms with E-state index in [0.29, 0.717) is 17.7 Å². The average molecular weight is 267 g/mol. The van der Waals surface area contributed by atoms with E-state index in [1.807, 2.05) is 0 Å². The van der Waals surface area contributed by atoms with Gasteiger partial charge in [-0.2, -0.15) is 0 Å². The molecule has 0 aromatic rings. The van der Waals surface area contributed by atoms with Crippen molar-refractivity contribution in [2.24, 2.45) is 11.8 Å². The molecule has 1 heterocycles. The molecule has 0 saturated carbocycles. The van der Waals surface area contributed by atoms with Gasteiger partial charge in [-0.25, -0.2) is 4.79 Å². The highest BCUT2D eigenvalue weighted by atomic mass is 16.4. The Morgan fingerprint density at radius 1 is 1.16 bits per heavy atom. The zero-order valence-corrected chi connectivity index (χ0v) is 9.98. The number of carbonyl (C=O) groups is 4. The molecular formula is C12H13NO6. The number of nitrogens with zero attached hydrogens (tertiary/aromatic N) is 1. The van der Waals surface area contributed by atoms with Gasteiger partial charge in [0.2, 0.25) is 11.8 Å². The standard InChI is InChI=1S/C12H13NO6/c14-9(15)5-8(12(18)19)13-10(16)6-3-1-2-4-7(6)11(13)17/h1-2,6-8H,3-5H2,(H,14,15)(H,18,19)/t6-,7+,8?. The second-order valence-corrected chi connectivity index (χ2v) is 4.65. The molecule has 7 nitrogen and oxygen atoms in total. The van der Waals surface area contributed by atoms with Crippen LogP contribution in [0.25, 0.3) is 0 Å². The summed E-state index contributed by atoms with van der Waals surface area (Å²) in [6.07, 6.45) is 3.57. The van der Waals surface area contributed by atoms with Gasteiger partial charge in [-0.3, -0.25) is 19.3 Å². The number of amides is 2. The first-order valence-corrected chi connectivity index (χ1v) is 5.90. The van der Waals surface area contributed by atoms with E-state index < -0.39 is 48.1 Å². The second kappa shape index (κ2) is 4.83. The Morgan fingerprint density at radius 3 is 2.00 bits per heavy atom. The van der Waals surface area contributed by atoms with Crippen LogP contribution in [0.2, 0.25) is 0 Å². The summed E-state index contributed by atoms with van der Waals surface area (Å²) in [6.45, 7) is 0. The van der Waals surface area contributed by atoms with Gasteiger partial charge in [0.25, 0.3) is 0 Å². The van der Waals surface area contributed by atoms with Gasteiger partial charge in [0.1, 0.15) is 6.04 Å². The number of hydrogen-bond donors (Lipinski definition) is 2. The number of rotatable bonds is 4. The number of imide groups is 1. The van der Waals surface area contributed by atoms with Crippen LogP contribution in [-0.2, 0) is 19.2 Å². The van der Waals surface area contributed by atoms with E-state index in [9.17, 15) is 19.2 Å². The Morgan fingerprint density at radius 2 is 1.63 bits per heavy atom. The minimum atomic E-state index is -1.62. The summed E-state index contributed by atoms with van der Waals surface area (Å²) in [4.78, 5) is 46.6. The lowest BCUT2D eigenvalue weighted by Crippen LogP contribution is -2.46. The lowest BCUT2D eigenvalue weighted by molar-refractivity contribution is -0.158. The molecule has 0 aromatic carbocycles. The van der Waals surface area contributed by atoms with Gasteiger partial charge in [0.05, 0.1) is 18.3 Å². The summed E-state index contributed by atoms with van der Waals surface area (Å²) in [5, 5.41) is 17.7. The van der Waals surface area contributed by atoms with E-state index in [-0.39, 0.29) is 0 Å².